The maximum Gasteiger partial charge on any atom is 0.319 e. The first kappa shape index (κ1) is 25.8. The highest BCUT2D eigenvalue weighted by molar-refractivity contribution is 6.02. The van der Waals surface area contributed by atoms with Crippen molar-refractivity contribution in [2.24, 2.45) is 9.98 Å². The molecule has 2 heterocycles. The van der Waals surface area contributed by atoms with Gasteiger partial charge in [-0.05, 0) is 37.1 Å². The number of urea groups is 2. The van der Waals surface area contributed by atoms with E-state index in [9.17, 15) is 9.59 Å². The van der Waals surface area contributed by atoms with Crippen LogP contribution in [0, 0.1) is 0 Å². The lowest BCUT2D eigenvalue weighted by Gasteiger charge is -2.10. The van der Waals surface area contributed by atoms with E-state index in [0.29, 0.717) is 24.5 Å². The monoisotopic (exact) mass is 498 g/mol. The van der Waals surface area contributed by atoms with E-state index in [-0.39, 0.29) is 24.5 Å². The van der Waals surface area contributed by atoms with Gasteiger partial charge in [-0.3, -0.25) is 9.98 Å². The molecule has 0 fully saturated rings. The maximum atomic E-state index is 12.2. The van der Waals surface area contributed by atoms with Crippen molar-refractivity contribution >= 4 is 47.5 Å². The molecule has 186 valence electrons. The van der Waals surface area contributed by atoms with Gasteiger partial charge in [0.15, 0.2) is 0 Å². The average Bonchev–Trinajstić information content (AvgIpc) is 3.56. The molecule has 0 radical (unpaired) electrons. The van der Waals surface area contributed by atoms with Crippen LogP contribution in [0.3, 0.4) is 0 Å². The molecule has 0 aliphatic carbocycles. The molecule has 2 aliphatic heterocycles. The third-order valence-electron chi connectivity index (χ3n) is 5.31. The van der Waals surface area contributed by atoms with Crippen LogP contribution in [-0.4, -0.2) is 63.0 Å². The van der Waals surface area contributed by atoms with E-state index >= 15 is 0 Å². The van der Waals surface area contributed by atoms with Gasteiger partial charge in [0, 0.05) is 48.7 Å². The first-order valence-electron chi connectivity index (χ1n) is 11.5. The van der Waals surface area contributed by atoms with Crippen molar-refractivity contribution in [2.75, 3.05) is 49.9 Å². The summed E-state index contributed by atoms with van der Waals surface area (Å²) in [5.41, 5.74) is 3.33. The summed E-state index contributed by atoms with van der Waals surface area (Å²) >= 11 is 0. The maximum absolute atomic E-state index is 12.2. The second-order valence-corrected chi connectivity index (χ2v) is 7.94. The Labute approximate surface area is 210 Å². The van der Waals surface area contributed by atoms with Gasteiger partial charge in [-0.2, -0.15) is 0 Å². The van der Waals surface area contributed by atoms with Crippen molar-refractivity contribution in [2.45, 2.75) is 12.8 Å². The van der Waals surface area contributed by atoms with Crippen molar-refractivity contribution in [1.82, 2.24) is 21.3 Å². The number of rotatable bonds is 9. The molecule has 4 amide bonds. The number of unbranched alkanes of at least 4 members (excludes halogenated alkanes) is 1. The Morgan fingerprint density at radius 1 is 0.743 bits per heavy atom. The minimum absolute atomic E-state index is 0. The van der Waals surface area contributed by atoms with Gasteiger partial charge in [0.1, 0.15) is 11.7 Å². The number of nitrogens with zero attached hydrogens (tertiary/aromatic N) is 2. The van der Waals surface area contributed by atoms with Crippen LogP contribution in [0.1, 0.15) is 24.0 Å². The summed E-state index contributed by atoms with van der Waals surface area (Å²) in [6.07, 6.45) is 1.49. The predicted octanol–water partition coefficient (Wildman–Crippen LogP) is 2.53. The van der Waals surface area contributed by atoms with Crippen molar-refractivity contribution < 1.29 is 9.59 Å². The standard InChI is InChI=1S/C24H30N8O2.ClH/c33-23(31-19-7-3-5-17(15-19)21-25-11-12-26-21)29-9-1-2-10-30-24(34)32-20-8-4-6-18(16-20)22-27-13-14-28-22;/h3-8,15-16H,1-2,9-14H2,(H,25,26)(H,27,28)(H2,29,31,33)(H2,30,32,34);1H. The van der Waals surface area contributed by atoms with Gasteiger partial charge in [-0.15, -0.1) is 12.4 Å². The number of hydrogen-bond acceptors (Lipinski definition) is 6. The van der Waals surface area contributed by atoms with Crippen LogP contribution in [0.5, 0.6) is 0 Å². The van der Waals surface area contributed by atoms with Gasteiger partial charge >= 0.3 is 12.1 Å². The molecule has 4 rings (SSSR count). The fraction of sp³-hybridized carbons (Fsp3) is 0.333. The molecule has 0 saturated heterocycles. The van der Waals surface area contributed by atoms with Crippen LogP contribution in [0.25, 0.3) is 0 Å². The zero-order valence-electron chi connectivity index (χ0n) is 19.4. The van der Waals surface area contributed by atoms with Gasteiger partial charge in [0.2, 0.25) is 0 Å². The van der Waals surface area contributed by atoms with Gasteiger partial charge in [-0.25, -0.2) is 9.59 Å². The van der Waals surface area contributed by atoms with Gasteiger partial charge in [0.25, 0.3) is 0 Å². The Morgan fingerprint density at radius 3 is 1.60 bits per heavy atom. The van der Waals surface area contributed by atoms with E-state index in [4.69, 9.17) is 0 Å². The number of carbonyl (C=O) groups excluding carboxylic acids is 2. The SMILES string of the molecule is Cl.O=C(NCCCCNC(=O)Nc1cccc(C2=NCCN2)c1)Nc1cccc(C2=NCCN2)c1. The van der Waals surface area contributed by atoms with Crippen LogP contribution in [0.15, 0.2) is 58.5 Å². The van der Waals surface area contributed by atoms with E-state index in [0.717, 1.165) is 61.8 Å². The van der Waals surface area contributed by atoms with Gasteiger partial charge in [0.05, 0.1) is 13.1 Å². The lowest BCUT2D eigenvalue weighted by Crippen LogP contribution is -2.32. The Hall–Kier alpha value is -3.79. The number of aliphatic imine (C=N–C) groups is 2. The minimum atomic E-state index is -0.259. The van der Waals surface area contributed by atoms with Crippen LogP contribution in [-0.2, 0) is 0 Å². The van der Waals surface area contributed by atoms with E-state index in [1.165, 1.54) is 0 Å². The minimum Gasteiger partial charge on any atom is -0.368 e. The molecule has 0 bridgehead atoms. The van der Waals surface area contributed by atoms with E-state index in [1.807, 2.05) is 48.5 Å². The van der Waals surface area contributed by atoms with Crippen molar-refractivity contribution in [3.05, 3.63) is 59.7 Å². The fourth-order valence-corrected chi connectivity index (χ4v) is 3.68. The first-order valence-corrected chi connectivity index (χ1v) is 11.5. The Morgan fingerprint density at radius 2 is 1.20 bits per heavy atom. The summed E-state index contributed by atoms with van der Waals surface area (Å²) in [6, 6.07) is 14.7. The highest BCUT2D eigenvalue weighted by atomic mass is 35.5. The van der Waals surface area contributed by atoms with E-state index < -0.39 is 0 Å². The van der Waals surface area contributed by atoms with E-state index in [1.54, 1.807) is 0 Å². The largest absolute Gasteiger partial charge is 0.368 e. The number of hydrogen-bond donors (Lipinski definition) is 6. The molecule has 0 aromatic heterocycles. The zero-order chi connectivity index (χ0) is 23.6. The third kappa shape index (κ3) is 7.89. The first-order chi connectivity index (χ1) is 16.7. The van der Waals surface area contributed by atoms with E-state index in [2.05, 4.69) is 41.9 Å². The number of carbonyl (C=O) groups is 2. The molecule has 0 unspecified atom stereocenters. The molecular formula is C24H31ClN8O2. The highest BCUT2D eigenvalue weighted by Crippen LogP contribution is 2.13. The number of nitrogens with one attached hydrogen (secondary N) is 6. The molecule has 2 aromatic carbocycles. The van der Waals surface area contributed by atoms with Gasteiger partial charge < -0.3 is 31.9 Å². The fourth-order valence-electron chi connectivity index (χ4n) is 3.68. The number of amides is 4. The summed E-state index contributed by atoms with van der Waals surface area (Å²) in [5.74, 6) is 1.71. The van der Waals surface area contributed by atoms with Gasteiger partial charge in [-0.1, -0.05) is 24.3 Å². The molecule has 35 heavy (non-hydrogen) atoms. The predicted molar refractivity (Wildman–Crippen MR) is 142 cm³/mol. The van der Waals surface area contributed by atoms with Crippen LogP contribution in [0.4, 0.5) is 21.0 Å². The normalized spacial score (nSPS) is 13.9. The van der Waals surface area contributed by atoms with Crippen molar-refractivity contribution in [3.63, 3.8) is 0 Å². The van der Waals surface area contributed by atoms with Crippen LogP contribution < -0.4 is 31.9 Å². The molecule has 0 saturated carbocycles. The number of anilines is 2. The number of benzene rings is 2. The lowest BCUT2D eigenvalue weighted by molar-refractivity contribution is 0.250. The van der Waals surface area contributed by atoms with Crippen molar-refractivity contribution in [3.8, 4) is 0 Å². The molecular weight excluding hydrogens is 468 g/mol. The molecule has 0 spiro atoms. The molecule has 0 atom stereocenters. The Kier molecular flexibility index (Phi) is 9.73. The number of amidine groups is 2. The molecule has 10 nitrogen and oxygen atoms in total. The Balaban J connectivity index is 0.00000342. The molecule has 11 heteroatoms. The Bertz CT molecular complexity index is 1000. The lowest BCUT2D eigenvalue weighted by atomic mass is 10.2. The quantitative estimate of drug-likeness (QED) is 0.296. The summed E-state index contributed by atoms with van der Waals surface area (Å²) < 4.78 is 0. The summed E-state index contributed by atoms with van der Waals surface area (Å²) in [6.45, 7) is 4.24. The molecule has 2 aliphatic rings. The molecule has 2 aromatic rings. The zero-order valence-corrected chi connectivity index (χ0v) is 20.2. The second-order valence-electron chi connectivity index (χ2n) is 7.94. The topological polar surface area (TPSA) is 131 Å². The molecule has 6 N–H and O–H groups in total. The summed E-state index contributed by atoms with van der Waals surface area (Å²) in [5, 5.41) is 17.8. The summed E-state index contributed by atoms with van der Waals surface area (Å²) in [4.78, 5) is 33.1. The van der Waals surface area contributed by atoms with Crippen LogP contribution >= 0.6 is 12.4 Å². The third-order valence-corrected chi connectivity index (χ3v) is 5.31. The highest BCUT2D eigenvalue weighted by Gasteiger charge is 2.10. The second kappa shape index (κ2) is 13.2. The smallest absolute Gasteiger partial charge is 0.319 e. The van der Waals surface area contributed by atoms with Crippen molar-refractivity contribution in [1.29, 1.82) is 0 Å². The average molecular weight is 499 g/mol. The van der Waals surface area contributed by atoms with Crippen LogP contribution in [0.2, 0.25) is 0 Å². The number of halogens is 1. The summed E-state index contributed by atoms with van der Waals surface area (Å²) in [7, 11) is 0.